The number of hydrogen-bond donors (Lipinski definition) is 2. The molecule has 3 rings (SSSR count). The van der Waals surface area contributed by atoms with Gasteiger partial charge in [-0.3, -0.25) is 9.59 Å². The zero-order valence-electron chi connectivity index (χ0n) is 11.8. The van der Waals surface area contributed by atoms with Crippen molar-refractivity contribution < 1.29 is 9.59 Å². The molecule has 2 aromatic carbocycles. The number of carbonyl (C=O) groups is 2. The van der Waals surface area contributed by atoms with Gasteiger partial charge in [0.25, 0.3) is 5.91 Å². The van der Waals surface area contributed by atoms with Crippen LogP contribution >= 0.6 is 0 Å². The molecule has 1 fully saturated rings. The van der Waals surface area contributed by atoms with Crippen LogP contribution in [-0.2, 0) is 4.79 Å². The largest absolute Gasteiger partial charge is 0.354 e. The molecule has 0 heterocycles. The number of rotatable bonds is 5. The van der Waals surface area contributed by atoms with Crippen molar-refractivity contribution in [2.45, 2.75) is 12.8 Å². The molecule has 0 aromatic heterocycles. The Kier molecular flexibility index (Phi) is 3.86. The second-order valence-corrected chi connectivity index (χ2v) is 5.49. The Balaban J connectivity index is 1.56. The number of carbonyl (C=O) groups excluding carboxylic acids is 2. The quantitative estimate of drug-likeness (QED) is 0.882. The molecule has 4 heteroatoms. The molecule has 0 aliphatic heterocycles. The number of benzene rings is 2. The van der Waals surface area contributed by atoms with Gasteiger partial charge in [-0.2, -0.15) is 0 Å². The molecule has 2 N–H and O–H groups in total. The van der Waals surface area contributed by atoms with E-state index in [1.54, 1.807) is 6.07 Å². The summed E-state index contributed by atoms with van der Waals surface area (Å²) in [5.74, 6) is 0.295. The first-order valence-corrected chi connectivity index (χ1v) is 7.26. The minimum absolute atomic E-state index is 0.0262. The Bertz CT molecular complexity index is 677. The van der Waals surface area contributed by atoms with Crippen LogP contribution in [-0.4, -0.2) is 24.9 Å². The van der Waals surface area contributed by atoms with Crippen LogP contribution in [0.3, 0.4) is 0 Å². The number of hydrogen-bond acceptors (Lipinski definition) is 2. The molecule has 0 unspecified atom stereocenters. The molecule has 108 valence electrons. The van der Waals surface area contributed by atoms with Gasteiger partial charge in [-0.15, -0.1) is 0 Å². The van der Waals surface area contributed by atoms with Crippen LogP contribution in [0.15, 0.2) is 42.5 Å². The van der Waals surface area contributed by atoms with Gasteiger partial charge in [0, 0.05) is 12.1 Å². The molecular weight excluding hydrogens is 264 g/mol. The van der Waals surface area contributed by atoms with E-state index in [2.05, 4.69) is 10.6 Å². The lowest BCUT2D eigenvalue weighted by Gasteiger charge is -2.07. The Hall–Kier alpha value is -2.36. The molecule has 1 aliphatic carbocycles. The highest BCUT2D eigenvalue weighted by molar-refractivity contribution is 5.99. The van der Waals surface area contributed by atoms with Crippen molar-refractivity contribution in [2.75, 3.05) is 13.1 Å². The smallest absolute Gasteiger partial charge is 0.251 e. The standard InChI is InChI=1S/C17H18N2O2/c20-16(18-10-12-5-6-12)11-19-17(21)15-8-7-13-3-1-2-4-14(13)9-15/h1-4,7-9,12H,5-6,10-11H2,(H,18,20)(H,19,21). The lowest BCUT2D eigenvalue weighted by atomic mass is 10.1. The van der Waals surface area contributed by atoms with Gasteiger partial charge in [-0.25, -0.2) is 0 Å². The van der Waals surface area contributed by atoms with Crippen molar-refractivity contribution in [1.82, 2.24) is 10.6 Å². The molecular formula is C17H18N2O2. The third-order valence-electron chi connectivity index (χ3n) is 3.71. The Morgan fingerprint density at radius 1 is 1.00 bits per heavy atom. The van der Waals surface area contributed by atoms with Crippen molar-refractivity contribution in [1.29, 1.82) is 0 Å². The van der Waals surface area contributed by atoms with E-state index in [0.29, 0.717) is 11.5 Å². The highest BCUT2D eigenvalue weighted by atomic mass is 16.2. The molecule has 0 radical (unpaired) electrons. The summed E-state index contributed by atoms with van der Waals surface area (Å²) in [6.07, 6.45) is 2.40. The van der Waals surface area contributed by atoms with E-state index in [4.69, 9.17) is 0 Å². The van der Waals surface area contributed by atoms with Gasteiger partial charge in [-0.05, 0) is 41.7 Å². The summed E-state index contributed by atoms with van der Waals surface area (Å²) in [7, 11) is 0. The maximum Gasteiger partial charge on any atom is 0.251 e. The van der Waals surface area contributed by atoms with E-state index in [0.717, 1.165) is 17.3 Å². The van der Waals surface area contributed by atoms with Crippen LogP contribution in [0.4, 0.5) is 0 Å². The highest BCUT2D eigenvalue weighted by Crippen LogP contribution is 2.27. The minimum Gasteiger partial charge on any atom is -0.354 e. The third kappa shape index (κ3) is 3.60. The van der Waals surface area contributed by atoms with Crippen LogP contribution < -0.4 is 10.6 Å². The zero-order valence-corrected chi connectivity index (χ0v) is 11.8. The molecule has 1 aliphatic rings. The van der Waals surface area contributed by atoms with E-state index in [9.17, 15) is 9.59 Å². The lowest BCUT2D eigenvalue weighted by molar-refractivity contribution is -0.120. The van der Waals surface area contributed by atoms with Crippen LogP contribution in [0.2, 0.25) is 0 Å². The molecule has 21 heavy (non-hydrogen) atoms. The number of fused-ring (bicyclic) bond motifs is 1. The van der Waals surface area contributed by atoms with Gasteiger partial charge in [0.05, 0.1) is 6.54 Å². The van der Waals surface area contributed by atoms with Crippen LogP contribution in [0.5, 0.6) is 0 Å². The van der Waals surface area contributed by atoms with Crippen molar-refractivity contribution in [3.05, 3.63) is 48.0 Å². The number of amides is 2. The molecule has 4 nitrogen and oxygen atoms in total. The van der Waals surface area contributed by atoms with Crippen molar-refractivity contribution in [3.63, 3.8) is 0 Å². The summed E-state index contributed by atoms with van der Waals surface area (Å²) in [5.41, 5.74) is 0.573. The second kappa shape index (κ2) is 5.95. The average molecular weight is 282 g/mol. The van der Waals surface area contributed by atoms with Gasteiger partial charge in [0.15, 0.2) is 0 Å². The maximum absolute atomic E-state index is 12.1. The maximum atomic E-state index is 12.1. The van der Waals surface area contributed by atoms with Crippen molar-refractivity contribution in [3.8, 4) is 0 Å². The molecule has 0 bridgehead atoms. The summed E-state index contributed by atoms with van der Waals surface area (Å²) in [4.78, 5) is 23.6. The summed E-state index contributed by atoms with van der Waals surface area (Å²) >= 11 is 0. The molecule has 2 amide bonds. The molecule has 1 saturated carbocycles. The first-order chi connectivity index (χ1) is 10.2. The average Bonchev–Trinajstić information content (AvgIpc) is 3.34. The Morgan fingerprint density at radius 3 is 2.52 bits per heavy atom. The predicted molar refractivity (Wildman–Crippen MR) is 82.0 cm³/mol. The predicted octanol–water partition coefficient (Wildman–Crippen LogP) is 2.10. The van der Waals surface area contributed by atoms with Gasteiger partial charge in [-0.1, -0.05) is 30.3 Å². The van der Waals surface area contributed by atoms with Gasteiger partial charge >= 0.3 is 0 Å². The highest BCUT2D eigenvalue weighted by Gasteiger charge is 2.21. The van der Waals surface area contributed by atoms with E-state index in [1.165, 1.54) is 12.8 Å². The summed E-state index contributed by atoms with van der Waals surface area (Å²) < 4.78 is 0. The Labute approximate surface area is 123 Å². The van der Waals surface area contributed by atoms with Gasteiger partial charge in [0.1, 0.15) is 0 Å². The monoisotopic (exact) mass is 282 g/mol. The SMILES string of the molecule is O=C(CNC(=O)c1ccc2ccccc2c1)NCC1CC1. The zero-order chi connectivity index (χ0) is 14.7. The molecule has 2 aromatic rings. The Morgan fingerprint density at radius 2 is 1.76 bits per heavy atom. The lowest BCUT2D eigenvalue weighted by Crippen LogP contribution is -2.37. The van der Waals surface area contributed by atoms with Crippen molar-refractivity contribution >= 4 is 22.6 Å². The number of nitrogens with one attached hydrogen (secondary N) is 2. The fourth-order valence-electron chi connectivity index (χ4n) is 2.24. The van der Waals surface area contributed by atoms with Crippen molar-refractivity contribution in [2.24, 2.45) is 5.92 Å². The fraction of sp³-hybridized carbons (Fsp3) is 0.294. The first kappa shape index (κ1) is 13.6. The normalized spacial score (nSPS) is 13.9. The van der Waals surface area contributed by atoms with Crippen LogP contribution in [0.1, 0.15) is 23.2 Å². The van der Waals surface area contributed by atoms with Gasteiger partial charge in [0.2, 0.25) is 5.91 Å². The first-order valence-electron chi connectivity index (χ1n) is 7.26. The molecule has 0 atom stereocenters. The fourth-order valence-corrected chi connectivity index (χ4v) is 2.24. The van der Waals surface area contributed by atoms with Crippen LogP contribution in [0.25, 0.3) is 10.8 Å². The van der Waals surface area contributed by atoms with E-state index in [-0.39, 0.29) is 18.4 Å². The summed E-state index contributed by atoms with van der Waals surface area (Å²) in [6.45, 7) is 0.753. The van der Waals surface area contributed by atoms with E-state index in [1.807, 2.05) is 36.4 Å². The van der Waals surface area contributed by atoms with E-state index < -0.39 is 0 Å². The third-order valence-corrected chi connectivity index (χ3v) is 3.71. The van der Waals surface area contributed by atoms with Crippen LogP contribution in [0, 0.1) is 5.92 Å². The topological polar surface area (TPSA) is 58.2 Å². The summed E-state index contributed by atoms with van der Waals surface area (Å²) in [5, 5.41) is 7.59. The minimum atomic E-state index is -0.220. The molecule has 0 spiro atoms. The second-order valence-electron chi connectivity index (χ2n) is 5.49. The van der Waals surface area contributed by atoms with Gasteiger partial charge < -0.3 is 10.6 Å². The molecule has 0 saturated heterocycles. The van der Waals surface area contributed by atoms with E-state index >= 15 is 0 Å². The summed E-state index contributed by atoms with van der Waals surface area (Å²) in [6, 6.07) is 13.4.